The highest BCUT2D eigenvalue weighted by molar-refractivity contribution is 7.98. The second-order valence-corrected chi connectivity index (χ2v) is 11.1. The van der Waals surface area contributed by atoms with Crippen LogP contribution in [0, 0.1) is 5.92 Å². The Balaban J connectivity index is 1.74. The van der Waals surface area contributed by atoms with E-state index in [1.54, 1.807) is 13.1 Å². The fourth-order valence-electron chi connectivity index (χ4n) is 4.45. The third-order valence-corrected chi connectivity index (χ3v) is 7.73. The highest BCUT2D eigenvalue weighted by atomic mass is 32.2. The maximum atomic E-state index is 13.5. The molecule has 1 aromatic carbocycles. The van der Waals surface area contributed by atoms with E-state index < -0.39 is 47.9 Å². The lowest BCUT2D eigenvalue weighted by atomic mass is 9.98. The van der Waals surface area contributed by atoms with E-state index in [9.17, 15) is 24.3 Å². The second kappa shape index (κ2) is 15.2. The van der Waals surface area contributed by atoms with Gasteiger partial charge in [-0.05, 0) is 42.4 Å². The topological polar surface area (TPSA) is 195 Å². The molecule has 0 bridgehead atoms. The van der Waals surface area contributed by atoms with E-state index in [0.717, 1.165) is 16.5 Å². The summed E-state index contributed by atoms with van der Waals surface area (Å²) in [4.78, 5) is 61.7. The number of rotatable bonds is 16. The number of carbonyl (C=O) groups excluding carboxylic acids is 3. The number of nitrogens with two attached hydrogens (primary N) is 1. The summed E-state index contributed by atoms with van der Waals surface area (Å²) >= 11 is 1.49. The molecule has 0 spiro atoms. The molecule has 12 nitrogen and oxygen atoms in total. The van der Waals surface area contributed by atoms with Gasteiger partial charge in [-0.25, -0.2) is 9.78 Å². The summed E-state index contributed by atoms with van der Waals surface area (Å²) in [6, 6.07) is 3.59. The van der Waals surface area contributed by atoms with E-state index in [4.69, 9.17) is 5.73 Å². The van der Waals surface area contributed by atoms with Crippen molar-refractivity contribution < 1.29 is 24.3 Å². The molecule has 0 radical (unpaired) electrons. The summed E-state index contributed by atoms with van der Waals surface area (Å²) in [5.74, 6) is -2.61. The van der Waals surface area contributed by atoms with Gasteiger partial charge in [0.05, 0.1) is 12.4 Å². The fraction of sp³-hybridized carbons (Fsp3) is 0.464. The van der Waals surface area contributed by atoms with Crippen LogP contribution in [-0.4, -0.2) is 79.9 Å². The number of carboxylic acids is 1. The van der Waals surface area contributed by atoms with Crippen LogP contribution in [0.4, 0.5) is 0 Å². The number of aromatic nitrogens is 3. The van der Waals surface area contributed by atoms with Gasteiger partial charge in [0.25, 0.3) is 0 Å². The normalized spacial score (nSPS) is 14.9. The quantitative estimate of drug-likeness (QED) is 0.131. The number of aliphatic carboxylic acids is 1. The van der Waals surface area contributed by atoms with Crippen LogP contribution in [0.5, 0.6) is 0 Å². The van der Waals surface area contributed by atoms with Crippen molar-refractivity contribution in [1.82, 2.24) is 30.9 Å². The van der Waals surface area contributed by atoms with Crippen molar-refractivity contribution in [2.24, 2.45) is 11.7 Å². The standard InChI is InChI=1S/C28H39N7O5S/c1-4-16(2)24(28(39)40)35-26(37)22(9-10-41-3)33-27(38)23(12-18-14-30-15-32-18)34-25(36)20(29)11-17-13-31-21-8-6-5-7-19(17)21/h5-8,13-16,20,22-24,31H,4,9-12,29H2,1-3H3,(H,30,32)(H,33,38)(H,34,36)(H,35,37)(H,39,40). The number of nitrogens with zero attached hydrogens (tertiary/aromatic N) is 1. The molecule has 222 valence electrons. The van der Waals surface area contributed by atoms with E-state index in [1.807, 2.05) is 43.6 Å². The molecule has 3 aromatic rings. The number of imidazole rings is 1. The number of nitrogens with one attached hydrogen (secondary N) is 5. The summed E-state index contributed by atoms with van der Waals surface area (Å²) in [6.45, 7) is 3.58. The Morgan fingerprint density at radius 2 is 1.73 bits per heavy atom. The molecule has 5 atom stereocenters. The van der Waals surface area contributed by atoms with Crippen molar-refractivity contribution in [3.63, 3.8) is 0 Å². The number of carbonyl (C=O) groups is 4. The Morgan fingerprint density at radius 1 is 1.02 bits per heavy atom. The number of carboxylic acid groups (broad SMARTS) is 1. The number of hydrogen-bond acceptors (Lipinski definition) is 7. The van der Waals surface area contributed by atoms with Gasteiger partial charge < -0.3 is 36.8 Å². The van der Waals surface area contributed by atoms with Crippen LogP contribution in [-0.2, 0) is 32.0 Å². The number of benzene rings is 1. The average Bonchev–Trinajstić information content (AvgIpc) is 3.62. The van der Waals surface area contributed by atoms with Crippen molar-refractivity contribution in [1.29, 1.82) is 0 Å². The molecular weight excluding hydrogens is 546 g/mol. The molecule has 2 heterocycles. The summed E-state index contributed by atoms with van der Waals surface area (Å²) in [7, 11) is 0. The predicted molar refractivity (Wildman–Crippen MR) is 158 cm³/mol. The Kier molecular flexibility index (Phi) is 11.8. The van der Waals surface area contributed by atoms with Crippen LogP contribution in [0.2, 0.25) is 0 Å². The maximum absolute atomic E-state index is 13.5. The van der Waals surface area contributed by atoms with Gasteiger partial charge in [0.2, 0.25) is 17.7 Å². The zero-order chi connectivity index (χ0) is 29.9. The number of amides is 3. The number of aromatic amines is 2. The number of thioether (sulfide) groups is 1. The molecular formula is C28H39N7O5S. The molecule has 0 saturated heterocycles. The second-order valence-electron chi connectivity index (χ2n) is 10.1. The molecule has 2 aromatic heterocycles. The third kappa shape index (κ3) is 8.82. The smallest absolute Gasteiger partial charge is 0.326 e. The van der Waals surface area contributed by atoms with Gasteiger partial charge in [-0.15, -0.1) is 0 Å². The summed E-state index contributed by atoms with van der Waals surface area (Å²) < 4.78 is 0. The van der Waals surface area contributed by atoms with Crippen molar-refractivity contribution in [3.8, 4) is 0 Å². The Morgan fingerprint density at radius 3 is 2.39 bits per heavy atom. The Bertz CT molecular complexity index is 1310. The summed E-state index contributed by atoms with van der Waals surface area (Å²) in [5, 5.41) is 18.6. The lowest BCUT2D eigenvalue weighted by Gasteiger charge is -2.26. The van der Waals surface area contributed by atoms with Crippen LogP contribution in [0.3, 0.4) is 0 Å². The summed E-state index contributed by atoms with van der Waals surface area (Å²) in [5.41, 5.74) is 8.67. The minimum absolute atomic E-state index is 0.0822. The van der Waals surface area contributed by atoms with Crippen molar-refractivity contribution in [2.45, 2.75) is 63.7 Å². The lowest BCUT2D eigenvalue weighted by molar-refractivity contribution is -0.143. The molecule has 0 aliphatic carbocycles. The first kappa shape index (κ1) is 31.7. The first-order chi connectivity index (χ1) is 19.6. The van der Waals surface area contributed by atoms with Gasteiger partial charge in [-0.1, -0.05) is 38.5 Å². The van der Waals surface area contributed by atoms with E-state index in [-0.39, 0.29) is 25.2 Å². The molecule has 5 unspecified atom stereocenters. The van der Waals surface area contributed by atoms with Crippen molar-refractivity contribution in [2.75, 3.05) is 12.0 Å². The molecule has 0 saturated carbocycles. The average molecular weight is 586 g/mol. The van der Waals surface area contributed by atoms with Gasteiger partial charge in [-0.2, -0.15) is 11.8 Å². The number of H-pyrrole nitrogens is 2. The molecule has 13 heteroatoms. The van der Waals surface area contributed by atoms with Crippen LogP contribution in [0.1, 0.15) is 37.9 Å². The van der Waals surface area contributed by atoms with Gasteiger partial charge in [0.15, 0.2) is 0 Å². The minimum Gasteiger partial charge on any atom is -0.480 e. The highest BCUT2D eigenvalue weighted by Gasteiger charge is 2.32. The zero-order valence-corrected chi connectivity index (χ0v) is 24.3. The lowest BCUT2D eigenvalue weighted by Crippen LogP contribution is -2.58. The largest absolute Gasteiger partial charge is 0.480 e. The number of para-hydroxylation sites is 1. The van der Waals surface area contributed by atoms with Crippen LogP contribution >= 0.6 is 11.8 Å². The van der Waals surface area contributed by atoms with Crippen LogP contribution in [0.15, 0.2) is 43.0 Å². The van der Waals surface area contributed by atoms with Gasteiger partial charge in [0, 0.05) is 35.4 Å². The van der Waals surface area contributed by atoms with Crippen molar-refractivity contribution >= 4 is 46.4 Å². The van der Waals surface area contributed by atoms with Crippen LogP contribution in [0.25, 0.3) is 10.9 Å². The Labute approximate surface area is 243 Å². The van der Waals surface area contributed by atoms with Crippen molar-refractivity contribution in [3.05, 3.63) is 54.2 Å². The zero-order valence-electron chi connectivity index (χ0n) is 23.5. The Hall–Kier alpha value is -3.84. The first-order valence-electron chi connectivity index (χ1n) is 13.5. The van der Waals surface area contributed by atoms with E-state index in [0.29, 0.717) is 17.9 Å². The third-order valence-electron chi connectivity index (χ3n) is 7.08. The summed E-state index contributed by atoms with van der Waals surface area (Å²) in [6.07, 6.45) is 7.84. The molecule has 3 amide bonds. The predicted octanol–water partition coefficient (Wildman–Crippen LogP) is 1.34. The molecule has 3 rings (SSSR count). The number of hydrogen-bond donors (Lipinski definition) is 7. The monoisotopic (exact) mass is 585 g/mol. The fourth-order valence-corrected chi connectivity index (χ4v) is 4.92. The molecule has 41 heavy (non-hydrogen) atoms. The van der Waals surface area contributed by atoms with E-state index in [2.05, 4.69) is 30.9 Å². The van der Waals surface area contributed by atoms with E-state index in [1.165, 1.54) is 18.1 Å². The van der Waals surface area contributed by atoms with E-state index >= 15 is 0 Å². The first-order valence-corrected chi connectivity index (χ1v) is 14.9. The highest BCUT2D eigenvalue weighted by Crippen LogP contribution is 2.19. The SMILES string of the molecule is CCC(C)C(NC(=O)C(CCSC)NC(=O)C(Cc1cnc[nH]1)NC(=O)C(N)Cc1c[nH]c2ccccc12)C(=O)O. The molecule has 0 fully saturated rings. The maximum Gasteiger partial charge on any atom is 0.326 e. The molecule has 8 N–H and O–H groups in total. The minimum atomic E-state index is -1.14. The molecule has 0 aliphatic heterocycles. The molecule has 0 aliphatic rings. The number of fused-ring (bicyclic) bond motifs is 1. The van der Waals surface area contributed by atoms with Crippen LogP contribution < -0.4 is 21.7 Å². The van der Waals surface area contributed by atoms with Gasteiger partial charge in [0.1, 0.15) is 18.1 Å². The van der Waals surface area contributed by atoms with Gasteiger partial charge >= 0.3 is 5.97 Å². The van der Waals surface area contributed by atoms with Gasteiger partial charge in [-0.3, -0.25) is 14.4 Å².